The van der Waals surface area contributed by atoms with Gasteiger partial charge in [-0.25, -0.2) is 4.98 Å². The zero-order chi connectivity index (χ0) is 12.6. The SMILES string of the molecule is CNc1nc(NC2(C)CCOC2)c2ccsc2n1. The first-order chi connectivity index (χ1) is 8.70. The van der Waals surface area contributed by atoms with Crippen LogP contribution in [0, 0.1) is 0 Å². The molecule has 3 heterocycles. The third kappa shape index (κ3) is 2.02. The maximum absolute atomic E-state index is 5.46. The number of aromatic nitrogens is 2. The Labute approximate surface area is 110 Å². The van der Waals surface area contributed by atoms with E-state index in [2.05, 4.69) is 33.6 Å². The van der Waals surface area contributed by atoms with Crippen LogP contribution >= 0.6 is 11.3 Å². The molecule has 0 amide bonds. The summed E-state index contributed by atoms with van der Waals surface area (Å²) in [5, 5.41) is 9.63. The van der Waals surface area contributed by atoms with Crippen LogP contribution in [0.25, 0.3) is 10.2 Å². The summed E-state index contributed by atoms with van der Waals surface area (Å²) >= 11 is 1.63. The van der Waals surface area contributed by atoms with E-state index in [9.17, 15) is 0 Å². The van der Waals surface area contributed by atoms with Gasteiger partial charge in [-0.15, -0.1) is 11.3 Å². The van der Waals surface area contributed by atoms with E-state index in [4.69, 9.17) is 4.74 Å². The van der Waals surface area contributed by atoms with Gasteiger partial charge in [-0.3, -0.25) is 0 Å². The Morgan fingerprint density at radius 2 is 2.33 bits per heavy atom. The van der Waals surface area contributed by atoms with E-state index in [1.807, 2.05) is 12.4 Å². The minimum Gasteiger partial charge on any atom is -0.379 e. The summed E-state index contributed by atoms with van der Waals surface area (Å²) in [6.07, 6.45) is 0.998. The normalized spacial score (nSPS) is 23.4. The summed E-state index contributed by atoms with van der Waals surface area (Å²) < 4.78 is 5.46. The third-order valence-electron chi connectivity index (χ3n) is 3.19. The first-order valence-electron chi connectivity index (χ1n) is 5.99. The average molecular weight is 264 g/mol. The molecule has 18 heavy (non-hydrogen) atoms. The summed E-state index contributed by atoms with van der Waals surface area (Å²) in [4.78, 5) is 9.95. The maximum atomic E-state index is 5.46. The summed E-state index contributed by atoms with van der Waals surface area (Å²) in [6.45, 7) is 3.69. The van der Waals surface area contributed by atoms with Gasteiger partial charge in [0, 0.05) is 13.7 Å². The molecule has 1 fully saturated rings. The lowest BCUT2D eigenvalue weighted by Gasteiger charge is -2.24. The van der Waals surface area contributed by atoms with E-state index >= 15 is 0 Å². The Bertz CT molecular complexity index is 562. The highest BCUT2D eigenvalue weighted by Gasteiger charge is 2.30. The molecular weight excluding hydrogens is 248 g/mol. The molecule has 2 N–H and O–H groups in total. The Hall–Kier alpha value is -1.40. The molecule has 1 aliphatic heterocycles. The highest BCUT2D eigenvalue weighted by Crippen LogP contribution is 2.30. The monoisotopic (exact) mass is 264 g/mol. The van der Waals surface area contributed by atoms with E-state index in [1.165, 1.54) is 0 Å². The number of nitrogens with one attached hydrogen (secondary N) is 2. The molecule has 1 unspecified atom stereocenters. The lowest BCUT2D eigenvalue weighted by Crippen LogP contribution is -2.35. The largest absolute Gasteiger partial charge is 0.379 e. The molecule has 0 bridgehead atoms. The Kier molecular flexibility index (Phi) is 2.83. The van der Waals surface area contributed by atoms with Crippen LogP contribution in [-0.4, -0.2) is 35.8 Å². The fourth-order valence-electron chi connectivity index (χ4n) is 2.11. The highest BCUT2D eigenvalue weighted by atomic mass is 32.1. The number of nitrogens with zero attached hydrogens (tertiary/aromatic N) is 2. The van der Waals surface area contributed by atoms with Gasteiger partial charge in [-0.2, -0.15) is 4.98 Å². The molecule has 0 aliphatic carbocycles. The second-order valence-corrected chi connectivity index (χ2v) is 5.67. The highest BCUT2D eigenvalue weighted by molar-refractivity contribution is 7.16. The molecule has 2 aromatic rings. The second-order valence-electron chi connectivity index (χ2n) is 4.77. The number of anilines is 2. The van der Waals surface area contributed by atoms with E-state index < -0.39 is 0 Å². The molecule has 1 aliphatic rings. The predicted molar refractivity (Wildman–Crippen MR) is 74.4 cm³/mol. The van der Waals surface area contributed by atoms with Crippen LogP contribution in [0.4, 0.5) is 11.8 Å². The molecule has 3 rings (SSSR count). The summed E-state index contributed by atoms with van der Waals surface area (Å²) in [6, 6.07) is 2.06. The molecule has 0 spiro atoms. The minimum atomic E-state index is -0.0335. The molecule has 0 saturated carbocycles. The van der Waals surface area contributed by atoms with Crippen molar-refractivity contribution in [2.45, 2.75) is 18.9 Å². The predicted octanol–water partition coefficient (Wildman–Crippen LogP) is 2.32. The summed E-state index contributed by atoms with van der Waals surface area (Å²) in [5.41, 5.74) is -0.0335. The third-order valence-corrected chi connectivity index (χ3v) is 3.99. The molecule has 96 valence electrons. The van der Waals surface area contributed by atoms with Gasteiger partial charge in [-0.1, -0.05) is 0 Å². The van der Waals surface area contributed by atoms with E-state index in [1.54, 1.807) is 11.3 Å². The number of ether oxygens (including phenoxy) is 1. The number of thiophene rings is 1. The van der Waals surface area contributed by atoms with E-state index in [0.717, 1.165) is 35.7 Å². The van der Waals surface area contributed by atoms with Gasteiger partial charge in [-0.05, 0) is 24.8 Å². The van der Waals surface area contributed by atoms with Crippen molar-refractivity contribution in [3.63, 3.8) is 0 Å². The lowest BCUT2D eigenvalue weighted by atomic mass is 10.0. The topological polar surface area (TPSA) is 59.1 Å². The second kappa shape index (κ2) is 4.37. The van der Waals surface area contributed by atoms with Crippen LogP contribution in [0.15, 0.2) is 11.4 Å². The average Bonchev–Trinajstić information content (AvgIpc) is 2.97. The van der Waals surface area contributed by atoms with Crippen LogP contribution in [0.1, 0.15) is 13.3 Å². The van der Waals surface area contributed by atoms with Gasteiger partial charge in [0.05, 0.1) is 17.5 Å². The first kappa shape index (κ1) is 11.7. The van der Waals surface area contributed by atoms with Crippen molar-refractivity contribution in [3.05, 3.63) is 11.4 Å². The van der Waals surface area contributed by atoms with Crippen molar-refractivity contribution in [2.75, 3.05) is 30.9 Å². The molecule has 0 radical (unpaired) electrons. The molecule has 1 atom stereocenters. The van der Waals surface area contributed by atoms with Crippen LogP contribution in [0.3, 0.4) is 0 Å². The fraction of sp³-hybridized carbons (Fsp3) is 0.500. The number of hydrogen-bond acceptors (Lipinski definition) is 6. The van der Waals surface area contributed by atoms with Crippen molar-refractivity contribution in [1.82, 2.24) is 9.97 Å². The first-order valence-corrected chi connectivity index (χ1v) is 6.87. The number of hydrogen-bond donors (Lipinski definition) is 2. The fourth-order valence-corrected chi connectivity index (χ4v) is 2.88. The Morgan fingerprint density at radius 3 is 3.06 bits per heavy atom. The Balaban J connectivity index is 2.01. The molecular formula is C12H16N4OS. The number of fused-ring (bicyclic) bond motifs is 1. The van der Waals surface area contributed by atoms with Gasteiger partial charge >= 0.3 is 0 Å². The van der Waals surface area contributed by atoms with Crippen LogP contribution in [0.5, 0.6) is 0 Å². The summed E-state index contributed by atoms with van der Waals surface area (Å²) in [5.74, 6) is 1.54. The van der Waals surface area contributed by atoms with E-state index in [0.29, 0.717) is 5.95 Å². The standard InChI is InChI=1S/C12H16N4OS/c1-12(4-5-17-7-12)16-9-8-3-6-18-10(8)15-11(13-2)14-9/h3,6H,4-5,7H2,1-2H3,(H2,13,14,15,16). The minimum absolute atomic E-state index is 0.0335. The molecule has 2 aromatic heterocycles. The van der Waals surface area contributed by atoms with Gasteiger partial charge in [0.1, 0.15) is 10.6 Å². The van der Waals surface area contributed by atoms with Crippen molar-refractivity contribution >= 4 is 33.3 Å². The zero-order valence-corrected chi connectivity index (χ0v) is 11.3. The maximum Gasteiger partial charge on any atom is 0.225 e. The smallest absolute Gasteiger partial charge is 0.225 e. The van der Waals surface area contributed by atoms with Crippen molar-refractivity contribution < 1.29 is 4.74 Å². The number of rotatable bonds is 3. The van der Waals surface area contributed by atoms with E-state index in [-0.39, 0.29) is 5.54 Å². The van der Waals surface area contributed by atoms with Crippen LogP contribution < -0.4 is 10.6 Å². The Morgan fingerprint density at radius 1 is 1.44 bits per heavy atom. The molecule has 1 saturated heterocycles. The zero-order valence-electron chi connectivity index (χ0n) is 10.5. The van der Waals surface area contributed by atoms with Gasteiger partial charge in [0.25, 0.3) is 0 Å². The van der Waals surface area contributed by atoms with Gasteiger partial charge in [0.2, 0.25) is 5.95 Å². The van der Waals surface area contributed by atoms with Crippen LogP contribution in [-0.2, 0) is 4.74 Å². The van der Waals surface area contributed by atoms with Gasteiger partial charge in [0.15, 0.2) is 0 Å². The van der Waals surface area contributed by atoms with Crippen LogP contribution in [0.2, 0.25) is 0 Å². The lowest BCUT2D eigenvalue weighted by molar-refractivity contribution is 0.185. The quantitative estimate of drug-likeness (QED) is 0.891. The van der Waals surface area contributed by atoms with Gasteiger partial charge < -0.3 is 15.4 Å². The molecule has 6 heteroatoms. The van der Waals surface area contributed by atoms with Crippen molar-refractivity contribution in [2.24, 2.45) is 0 Å². The van der Waals surface area contributed by atoms with Crippen molar-refractivity contribution in [1.29, 1.82) is 0 Å². The summed E-state index contributed by atoms with van der Waals surface area (Å²) in [7, 11) is 1.83. The molecule has 0 aromatic carbocycles. The van der Waals surface area contributed by atoms with Crippen molar-refractivity contribution in [3.8, 4) is 0 Å². The molecule has 5 nitrogen and oxygen atoms in total.